The molecule has 2 aromatic carbocycles. The maximum Gasteiger partial charge on any atom is 0.247 e. The minimum absolute atomic E-state index is 0.0536. The summed E-state index contributed by atoms with van der Waals surface area (Å²) in [4.78, 5) is 26.6. The first-order chi connectivity index (χ1) is 11.6. The van der Waals surface area contributed by atoms with Crippen molar-refractivity contribution in [2.24, 2.45) is 0 Å². The Kier molecular flexibility index (Phi) is 4.60. The number of rotatable bonds is 4. The summed E-state index contributed by atoms with van der Waals surface area (Å²) in [6, 6.07) is 13.0. The molecule has 124 valence electrons. The van der Waals surface area contributed by atoms with Crippen LogP contribution in [0.5, 0.6) is 0 Å². The van der Waals surface area contributed by atoms with E-state index in [0.29, 0.717) is 18.5 Å². The van der Waals surface area contributed by atoms with Gasteiger partial charge in [-0.25, -0.2) is 4.39 Å². The van der Waals surface area contributed by atoms with Crippen LogP contribution in [0.2, 0.25) is 0 Å². The zero-order valence-corrected chi connectivity index (χ0v) is 13.5. The van der Waals surface area contributed by atoms with E-state index in [1.807, 2.05) is 31.2 Å². The van der Waals surface area contributed by atoms with Gasteiger partial charge in [-0.15, -0.1) is 0 Å². The van der Waals surface area contributed by atoms with Crippen molar-refractivity contribution in [3.63, 3.8) is 0 Å². The zero-order valence-electron chi connectivity index (χ0n) is 13.5. The smallest absolute Gasteiger partial charge is 0.247 e. The second kappa shape index (κ2) is 6.83. The highest BCUT2D eigenvalue weighted by Gasteiger charge is 2.35. The van der Waals surface area contributed by atoms with Gasteiger partial charge < -0.3 is 10.2 Å². The fourth-order valence-corrected chi connectivity index (χ4v) is 3.11. The third-order valence-corrected chi connectivity index (χ3v) is 4.27. The molecular formula is C19H19FN2O2. The first-order valence-corrected chi connectivity index (χ1v) is 7.99. The number of amides is 2. The largest absolute Gasteiger partial charge is 0.350 e. The van der Waals surface area contributed by atoms with Crippen LogP contribution in [-0.2, 0) is 22.6 Å². The normalized spacial score (nSPS) is 16.7. The van der Waals surface area contributed by atoms with Crippen LogP contribution in [0.4, 0.5) is 4.39 Å². The van der Waals surface area contributed by atoms with Gasteiger partial charge in [0.1, 0.15) is 11.9 Å². The first kappa shape index (κ1) is 16.2. The summed E-state index contributed by atoms with van der Waals surface area (Å²) in [5, 5.41) is 2.82. The SMILES string of the molecule is CCN1C(=O)Cc2ccccc2C1C(=O)NCc1cccc(F)c1. The van der Waals surface area contributed by atoms with Crippen LogP contribution in [0.25, 0.3) is 0 Å². The van der Waals surface area contributed by atoms with E-state index < -0.39 is 6.04 Å². The van der Waals surface area contributed by atoms with Gasteiger partial charge in [0.05, 0.1) is 6.42 Å². The molecule has 0 saturated carbocycles. The third kappa shape index (κ3) is 3.15. The zero-order chi connectivity index (χ0) is 17.1. The third-order valence-electron chi connectivity index (χ3n) is 4.27. The molecule has 0 bridgehead atoms. The van der Waals surface area contributed by atoms with Gasteiger partial charge in [-0.05, 0) is 35.7 Å². The van der Waals surface area contributed by atoms with Crippen molar-refractivity contribution in [3.05, 3.63) is 71.0 Å². The summed E-state index contributed by atoms with van der Waals surface area (Å²) in [7, 11) is 0. The van der Waals surface area contributed by atoms with Crippen molar-refractivity contribution in [1.29, 1.82) is 0 Å². The molecule has 24 heavy (non-hydrogen) atoms. The summed E-state index contributed by atoms with van der Waals surface area (Å²) in [5.74, 6) is -0.640. The Morgan fingerprint density at radius 1 is 1.25 bits per heavy atom. The molecule has 1 N–H and O–H groups in total. The Balaban J connectivity index is 1.82. The Morgan fingerprint density at radius 2 is 2.04 bits per heavy atom. The molecule has 4 nitrogen and oxygen atoms in total. The second-order valence-electron chi connectivity index (χ2n) is 5.81. The van der Waals surface area contributed by atoms with Crippen LogP contribution in [0.1, 0.15) is 29.7 Å². The average Bonchev–Trinajstić information content (AvgIpc) is 2.58. The molecule has 1 aliphatic heterocycles. The van der Waals surface area contributed by atoms with Crippen LogP contribution in [0.15, 0.2) is 48.5 Å². The van der Waals surface area contributed by atoms with Crippen LogP contribution in [-0.4, -0.2) is 23.3 Å². The molecule has 0 aliphatic carbocycles. The molecule has 0 saturated heterocycles. The standard InChI is InChI=1S/C19H19FN2O2/c1-2-22-17(23)11-14-7-3-4-9-16(14)18(22)19(24)21-12-13-6-5-8-15(20)10-13/h3-10,18H,2,11-12H2,1H3,(H,21,24). The van der Waals surface area contributed by atoms with E-state index in [-0.39, 0.29) is 24.2 Å². The van der Waals surface area contributed by atoms with Crippen molar-refractivity contribution in [2.45, 2.75) is 25.9 Å². The highest BCUT2D eigenvalue weighted by Crippen LogP contribution is 2.30. The van der Waals surface area contributed by atoms with Gasteiger partial charge in [-0.3, -0.25) is 9.59 Å². The van der Waals surface area contributed by atoms with Crippen molar-refractivity contribution in [2.75, 3.05) is 6.54 Å². The molecular weight excluding hydrogens is 307 g/mol. The van der Waals surface area contributed by atoms with Gasteiger partial charge in [-0.1, -0.05) is 36.4 Å². The van der Waals surface area contributed by atoms with E-state index in [4.69, 9.17) is 0 Å². The molecule has 1 unspecified atom stereocenters. The molecule has 5 heteroatoms. The van der Waals surface area contributed by atoms with Crippen LogP contribution >= 0.6 is 0 Å². The number of benzene rings is 2. The van der Waals surface area contributed by atoms with Gasteiger partial charge in [-0.2, -0.15) is 0 Å². The number of halogens is 1. The fraction of sp³-hybridized carbons (Fsp3) is 0.263. The number of carbonyl (C=O) groups excluding carboxylic acids is 2. The minimum Gasteiger partial charge on any atom is -0.350 e. The molecule has 1 aliphatic rings. The molecule has 0 aromatic heterocycles. The van der Waals surface area contributed by atoms with Crippen molar-refractivity contribution >= 4 is 11.8 Å². The van der Waals surface area contributed by atoms with E-state index in [1.165, 1.54) is 12.1 Å². The maximum atomic E-state index is 13.2. The predicted octanol–water partition coefficient (Wildman–Crippen LogP) is 2.59. The van der Waals surface area contributed by atoms with Crippen LogP contribution < -0.4 is 5.32 Å². The Bertz CT molecular complexity index is 775. The average molecular weight is 326 g/mol. The van der Waals surface area contributed by atoms with Gasteiger partial charge in [0.2, 0.25) is 11.8 Å². The highest BCUT2D eigenvalue weighted by molar-refractivity contribution is 5.92. The molecule has 1 heterocycles. The lowest BCUT2D eigenvalue weighted by Crippen LogP contribution is -2.47. The minimum atomic E-state index is -0.638. The lowest BCUT2D eigenvalue weighted by Gasteiger charge is -2.35. The lowest BCUT2D eigenvalue weighted by atomic mass is 9.91. The van der Waals surface area contributed by atoms with Gasteiger partial charge in [0.15, 0.2) is 0 Å². The van der Waals surface area contributed by atoms with E-state index in [1.54, 1.807) is 17.0 Å². The lowest BCUT2D eigenvalue weighted by molar-refractivity contribution is -0.141. The summed E-state index contributed by atoms with van der Waals surface area (Å²) in [5.41, 5.74) is 2.43. The second-order valence-corrected chi connectivity index (χ2v) is 5.81. The molecule has 0 fully saturated rings. The van der Waals surface area contributed by atoms with Gasteiger partial charge in [0, 0.05) is 13.1 Å². The van der Waals surface area contributed by atoms with Crippen LogP contribution in [0, 0.1) is 5.82 Å². The molecule has 2 amide bonds. The van der Waals surface area contributed by atoms with Crippen LogP contribution in [0.3, 0.4) is 0 Å². The maximum absolute atomic E-state index is 13.2. The molecule has 2 aromatic rings. The molecule has 0 spiro atoms. The number of nitrogens with zero attached hydrogens (tertiary/aromatic N) is 1. The van der Waals surface area contributed by atoms with Gasteiger partial charge >= 0.3 is 0 Å². The molecule has 1 atom stereocenters. The number of carbonyl (C=O) groups is 2. The van der Waals surface area contributed by atoms with Crippen molar-refractivity contribution in [1.82, 2.24) is 10.2 Å². The van der Waals surface area contributed by atoms with E-state index >= 15 is 0 Å². The number of fused-ring (bicyclic) bond motifs is 1. The number of hydrogen-bond acceptors (Lipinski definition) is 2. The Labute approximate surface area is 140 Å². The van der Waals surface area contributed by atoms with Crippen molar-refractivity contribution in [3.8, 4) is 0 Å². The first-order valence-electron chi connectivity index (χ1n) is 7.99. The van der Waals surface area contributed by atoms with E-state index in [9.17, 15) is 14.0 Å². The number of hydrogen-bond donors (Lipinski definition) is 1. The van der Waals surface area contributed by atoms with Crippen molar-refractivity contribution < 1.29 is 14.0 Å². The summed E-state index contributed by atoms with van der Waals surface area (Å²) < 4.78 is 13.2. The molecule has 0 radical (unpaired) electrons. The fourth-order valence-electron chi connectivity index (χ4n) is 3.11. The number of nitrogens with one attached hydrogen (secondary N) is 1. The van der Waals surface area contributed by atoms with E-state index in [0.717, 1.165) is 11.1 Å². The predicted molar refractivity (Wildman–Crippen MR) is 88.5 cm³/mol. The Morgan fingerprint density at radius 3 is 2.79 bits per heavy atom. The monoisotopic (exact) mass is 326 g/mol. The van der Waals surface area contributed by atoms with E-state index in [2.05, 4.69) is 5.32 Å². The quantitative estimate of drug-likeness (QED) is 0.939. The summed E-state index contributed by atoms with van der Waals surface area (Å²) in [6.45, 7) is 2.55. The highest BCUT2D eigenvalue weighted by atomic mass is 19.1. The topological polar surface area (TPSA) is 49.4 Å². The van der Waals surface area contributed by atoms with Gasteiger partial charge in [0.25, 0.3) is 0 Å². The number of likely N-dealkylation sites (N-methyl/N-ethyl adjacent to an activating group) is 1. The summed E-state index contributed by atoms with van der Waals surface area (Å²) >= 11 is 0. The molecule has 3 rings (SSSR count). The Hall–Kier alpha value is -2.69. The summed E-state index contributed by atoms with van der Waals surface area (Å²) in [6.07, 6.45) is 0.317.